The molecule has 0 unspecified atom stereocenters. The predicted octanol–water partition coefficient (Wildman–Crippen LogP) is 3.05. The van der Waals surface area contributed by atoms with E-state index in [1.54, 1.807) is 12.1 Å². The maximum absolute atomic E-state index is 8.63. The normalized spacial score (nSPS) is 9.12. The van der Waals surface area contributed by atoms with E-state index in [1.807, 2.05) is 12.1 Å². The van der Waals surface area contributed by atoms with Crippen molar-refractivity contribution in [3.63, 3.8) is 0 Å². The van der Waals surface area contributed by atoms with Crippen molar-refractivity contribution in [3.8, 4) is 12.1 Å². The molecule has 1 N–H and O–H groups in total. The van der Waals surface area contributed by atoms with E-state index in [2.05, 4.69) is 17.5 Å². The van der Waals surface area contributed by atoms with Gasteiger partial charge < -0.3 is 5.32 Å². The Bertz CT molecular complexity index is 381. The third-order valence-corrected chi connectivity index (χ3v) is 2.31. The Morgan fingerprint density at radius 3 is 2.38 bits per heavy atom. The molecular formula is C13H15N3. The summed E-state index contributed by atoms with van der Waals surface area (Å²) in [5.74, 6) is 0. The fourth-order valence-corrected chi connectivity index (χ4v) is 1.40. The van der Waals surface area contributed by atoms with Crippen LogP contribution in [-0.4, -0.2) is 6.54 Å². The van der Waals surface area contributed by atoms with Crippen LogP contribution in [0.5, 0.6) is 0 Å². The van der Waals surface area contributed by atoms with E-state index in [1.165, 1.54) is 0 Å². The number of hydrogen-bond acceptors (Lipinski definition) is 3. The van der Waals surface area contributed by atoms with Crippen molar-refractivity contribution in [3.05, 3.63) is 29.8 Å². The molecule has 0 aliphatic rings. The smallest absolute Gasteiger partial charge is 0.0991 e. The van der Waals surface area contributed by atoms with Gasteiger partial charge in [-0.25, -0.2) is 0 Å². The number of nitrogens with zero attached hydrogens (tertiary/aromatic N) is 2. The van der Waals surface area contributed by atoms with Gasteiger partial charge in [0.05, 0.1) is 17.7 Å². The van der Waals surface area contributed by atoms with Crippen molar-refractivity contribution in [1.82, 2.24) is 0 Å². The Morgan fingerprint density at radius 1 is 1.00 bits per heavy atom. The summed E-state index contributed by atoms with van der Waals surface area (Å²) < 4.78 is 0. The van der Waals surface area contributed by atoms with Crippen molar-refractivity contribution >= 4 is 5.69 Å². The summed E-state index contributed by atoms with van der Waals surface area (Å²) in [7, 11) is 0. The van der Waals surface area contributed by atoms with Gasteiger partial charge in [0.25, 0.3) is 0 Å². The minimum Gasteiger partial charge on any atom is -0.385 e. The highest BCUT2D eigenvalue weighted by molar-refractivity contribution is 5.46. The van der Waals surface area contributed by atoms with Gasteiger partial charge in [-0.05, 0) is 37.1 Å². The van der Waals surface area contributed by atoms with Crippen molar-refractivity contribution < 1.29 is 0 Å². The largest absolute Gasteiger partial charge is 0.385 e. The minimum absolute atomic E-state index is 0.650. The molecule has 0 saturated heterocycles. The maximum atomic E-state index is 8.63. The highest BCUT2D eigenvalue weighted by atomic mass is 14.9. The zero-order valence-electron chi connectivity index (χ0n) is 9.24. The number of nitriles is 2. The number of anilines is 1. The average molecular weight is 213 g/mol. The summed E-state index contributed by atoms with van der Waals surface area (Å²) in [5, 5.41) is 20.3. The number of rotatable bonds is 6. The van der Waals surface area contributed by atoms with Crippen molar-refractivity contribution in [2.75, 3.05) is 11.9 Å². The van der Waals surface area contributed by atoms with Crippen LogP contribution in [0.2, 0.25) is 0 Å². The first kappa shape index (κ1) is 12.1. The predicted molar refractivity (Wildman–Crippen MR) is 63.7 cm³/mol. The topological polar surface area (TPSA) is 59.6 Å². The van der Waals surface area contributed by atoms with Crippen LogP contribution in [0.3, 0.4) is 0 Å². The third-order valence-electron chi connectivity index (χ3n) is 2.31. The Balaban J connectivity index is 2.18. The van der Waals surface area contributed by atoms with Crippen LogP contribution in [0.15, 0.2) is 24.3 Å². The molecule has 0 spiro atoms. The summed E-state index contributed by atoms with van der Waals surface area (Å²) in [6.45, 7) is 0.914. The van der Waals surface area contributed by atoms with Gasteiger partial charge in [0.15, 0.2) is 0 Å². The van der Waals surface area contributed by atoms with Gasteiger partial charge in [-0.2, -0.15) is 10.5 Å². The third kappa shape index (κ3) is 4.48. The molecule has 0 fully saturated rings. The summed E-state index contributed by atoms with van der Waals surface area (Å²) in [6, 6.07) is 11.7. The van der Waals surface area contributed by atoms with E-state index in [0.717, 1.165) is 31.5 Å². The van der Waals surface area contributed by atoms with Crippen molar-refractivity contribution in [2.45, 2.75) is 25.7 Å². The number of hydrogen-bond donors (Lipinski definition) is 1. The van der Waals surface area contributed by atoms with E-state index in [9.17, 15) is 0 Å². The number of unbranched alkanes of at least 4 members (excludes halogenated alkanes) is 3. The zero-order valence-corrected chi connectivity index (χ0v) is 9.24. The minimum atomic E-state index is 0.650. The van der Waals surface area contributed by atoms with Gasteiger partial charge in [-0.15, -0.1) is 0 Å². The molecule has 0 aliphatic carbocycles. The summed E-state index contributed by atoms with van der Waals surface area (Å²) >= 11 is 0. The molecule has 0 heterocycles. The van der Waals surface area contributed by atoms with Gasteiger partial charge in [-0.1, -0.05) is 6.42 Å². The first-order valence-electron chi connectivity index (χ1n) is 5.48. The first-order chi connectivity index (χ1) is 7.86. The molecule has 1 aromatic rings. The second-order valence-corrected chi connectivity index (χ2v) is 3.58. The molecule has 1 aromatic carbocycles. The standard InChI is InChI=1S/C13H15N3/c14-9-3-1-2-4-10-16-13-7-5-12(11-15)6-8-13/h5-8,16H,1-4,10H2. The van der Waals surface area contributed by atoms with Gasteiger partial charge in [-0.3, -0.25) is 0 Å². The fourth-order valence-electron chi connectivity index (χ4n) is 1.40. The molecule has 3 nitrogen and oxygen atoms in total. The summed E-state index contributed by atoms with van der Waals surface area (Å²) in [6.07, 6.45) is 3.78. The lowest BCUT2D eigenvalue weighted by atomic mass is 10.2. The van der Waals surface area contributed by atoms with Crippen LogP contribution in [0.1, 0.15) is 31.2 Å². The van der Waals surface area contributed by atoms with Gasteiger partial charge in [0.1, 0.15) is 0 Å². The number of nitrogens with one attached hydrogen (secondary N) is 1. The van der Waals surface area contributed by atoms with E-state index < -0.39 is 0 Å². The highest BCUT2D eigenvalue weighted by Gasteiger charge is 1.93. The summed E-state index contributed by atoms with van der Waals surface area (Å²) in [4.78, 5) is 0. The van der Waals surface area contributed by atoms with Gasteiger partial charge >= 0.3 is 0 Å². The second kappa shape index (κ2) is 7.31. The molecule has 0 amide bonds. The zero-order chi connectivity index (χ0) is 11.6. The number of benzene rings is 1. The Kier molecular flexibility index (Phi) is 5.52. The SMILES string of the molecule is N#CCCCCCNc1ccc(C#N)cc1. The van der Waals surface area contributed by atoms with Gasteiger partial charge in [0, 0.05) is 18.7 Å². The van der Waals surface area contributed by atoms with Crippen LogP contribution in [0, 0.1) is 22.7 Å². The van der Waals surface area contributed by atoms with Crippen LogP contribution in [0.4, 0.5) is 5.69 Å². The molecule has 1 rings (SSSR count). The Morgan fingerprint density at radius 2 is 1.75 bits per heavy atom. The molecule has 16 heavy (non-hydrogen) atoms. The van der Waals surface area contributed by atoms with Crippen LogP contribution >= 0.6 is 0 Å². The Hall–Kier alpha value is -2.00. The van der Waals surface area contributed by atoms with E-state index in [4.69, 9.17) is 10.5 Å². The molecule has 0 atom stereocenters. The molecule has 0 radical (unpaired) electrons. The highest BCUT2D eigenvalue weighted by Crippen LogP contribution is 2.09. The maximum Gasteiger partial charge on any atom is 0.0991 e. The molecule has 0 bridgehead atoms. The van der Waals surface area contributed by atoms with Crippen LogP contribution in [0.25, 0.3) is 0 Å². The lowest BCUT2D eigenvalue weighted by Crippen LogP contribution is -2.01. The fraction of sp³-hybridized carbons (Fsp3) is 0.385. The quantitative estimate of drug-likeness (QED) is 0.739. The van der Waals surface area contributed by atoms with Gasteiger partial charge in [0.2, 0.25) is 0 Å². The van der Waals surface area contributed by atoms with E-state index in [-0.39, 0.29) is 0 Å². The van der Waals surface area contributed by atoms with Crippen LogP contribution in [-0.2, 0) is 0 Å². The monoisotopic (exact) mass is 213 g/mol. The van der Waals surface area contributed by atoms with Crippen molar-refractivity contribution in [1.29, 1.82) is 10.5 Å². The summed E-state index contributed by atoms with van der Waals surface area (Å²) in [5.41, 5.74) is 1.72. The average Bonchev–Trinajstić information content (AvgIpc) is 2.34. The molecular weight excluding hydrogens is 198 g/mol. The van der Waals surface area contributed by atoms with Crippen molar-refractivity contribution in [2.24, 2.45) is 0 Å². The lowest BCUT2D eigenvalue weighted by molar-refractivity contribution is 0.712. The second-order valence-electron chi connectivity index (χ2n) is 3.58. The lowest BCUT2D eigenvalue weighted by Gasteiger charge is -2.05. The van der Waals surface area contributed by atoms with E-state index in [0.29, 0.717) is 12.0 Å². The molecule has 3 heteroatoms. The molecule has 0 aromatic heterocycles. The molecule has 82 valence electrons. The first-order valence-corrected chi connectivity index (χ1v) is 5.48. The Labute approximate surface area is 96.3 Å². The van der Waals surface area contributed by atoms with Crippen LogP contribution < -0.4 is 5.32 Å². The molecule has 0 saturated carbocycles. The van der Waals surface area contributed by atoms with E-state index >= 15 is 0 Å². The molecule has 0 aliphatic heterocycles.